The maximum atomic E-state index is 13.1. The van der Waals surface area contributed by atoms with E-state index in [1.54, 1.807) is 6.92 Å². The first-order chi connectivity index (χ1) is 13.3. The zero-order valence-corrected chi connectivity index (χ0v) is 15.9. The second-order valence-corrected chi connectivity index (χ2v) is 7.02. The molecule has 0 aliphatic heterocycles. The SMILES string of the molecule is Cc1nn(-c2ccc(F)cc2)c(Cl)c1C(=O)OCC(=O)NC1(C#N)CCCC1. The van der Waals surface area contributed by atoms with Crippen molar-refractivity contribution < 1.29 is 18.7 Å². The predicted molar refractivity (Wildman–Crippen MR) is 98.5 cm³/mol. The van der Waals surface area contributed by atoms with E-state index in [1.165, 1.54) is 28.9 Å². The summed E-state index contributed by atoms with van der Waals surface area (Å²) in [6.07, 6.45) is 2.90. The highest BCUT2D eigenvalue weighted by Gasteiger charge is 2.35. The van der Waals surface area contributed by atoms with Crippen LogP contribution in [0.2, 0.25) is 5.15 Å². The predicted octanol–water partition coefficient (Wildman–Crippen LogP) is 3.08. The largest absolute Gasteiger partial charge is 0.452 e. The Labute approximate surface area is 166 Å². The van der Waals surface area contributed by atoms with E-state index in [0.29, 0.717) is 24.2 Å². The minimum Gasteiger partial charge on any atom is -0.452 e. The van der Waals surface area contributed by atoms with Gasteiger partial charge in [-0.25, -0.2) is 13.9 Å². The third-order valence-corrected chi connectivity index (χ3v) is 5.01. The van der Waals surface area contributed by atoms with Crippen molar-refractivity contribution in [2.24, 2.45) is 0 Å². The molecule has 1 N–H and O–H groups in total. The number of amides is 1. The number of hydrogen-bond donors (Lipinski definition) is 1. The van der Waals surface area contributed by atoms with Crippen LogP contribution in [0.15, 0.2) is 24.3 Å². The highest BCUT2D eigenvalue weighted by Crippen LogP contribution is 2.29. The van der Waals surface area contributed by atoms with Crippen molar-refractivity contribution in [3.05, 3.63) is 46.5 Å². The van der Waals surface area contributed by atoms with Crippen LogP contribution in [0.4, 0.5) is 4.39 Å². The number of benzene rings is 1. The van der Waals surface area contributed by atoms with Gasteiger partial charge in [-0.15, -0.1) is 0 Å². The summed E-state index contributed by atoms with van der Waals surface area (Å²) in [6.45, 7) is 1.05. The van der Waals surface area contributed by atoms with Crippen molar-refractivity contribution in [1.29, 1.82) is 5.26 Å². The Hall–Kier alpha value is -2.92. The number of nitrogens with zero attached hydrogens (tertiary/aromatic N) is 3. The molecule has 0 spiro atoms. The quantitative estimate of drug-likeness (QED) is 0.772. The molecule has 0 bridgehead atoms. The molecule has 0 unspecified atom stereocenters. The fraction of sp³-hybridized carbons (Fsp3) is 0.368. The average molecular weight is 405 g/mol. The summed E-state index contributed by atoms with van der Waals surface area (Å²) < 4.78 is 19.4. The van der Waals surface area contributed by atoms with Crippen LogP contribution >= 0.6 is 11.6 Å². The highest BCUT2D eigenvalue weighted by atomic mass is 35.5. The van der Waals surface area contributed by atoms with E-state index in [1.807, 2.05) is 0 Å². The molecular formula is C19H18ClFN4O3. The Balaban J connectivity index is 1.68. The Bertz CT molecular complexity index is 943. The molecular weight excluding hydrogens is 387 g/mol. The summed E-state index contributed by atoms with van der Waals surface area (Å²) in [5, 5.41) is 16.1. The van der Waals surface area contributed by atoms with Crippen molar-refractivity contribution in [3.8, 4) is 11.8 Å². The van der Waals surface area contributed by atoms with Gasteiger partial charge in [0.2, 0.25) is 0 Å². The Kier molecular flexibility index (Phi) is 5.66. The molecule has 9 heteroatoms. The summed E-state index contributed by atoms with van der Waals surface area (Å²) >= 11 is 6.26. The second-order valence-electron chi connectivity index (χ2n) is 6.66. The van der Waals surface area contributed by atoms with E-state index in [-0.39, 0.29) is 10.7 Å². The molecule has 2 aromatic rings. The Morgan fingerprint density at radius 3 is 2.61 bits per heavy atom. The molecule has 3 rings (SSSR count). The maximum Gasteiger partial charge on any atom is 0.343 e. The second kappa shape index (κ2) is 7.98. The number of ether oxygens (including phenoxy) is 1. The number of esters is 1. The van der Waals surface area contributed by atoms with Crippen molar-refractivity contribution in [1.82, 2.24) is 15.1 Å². The lowest BCUT2D eigenvalue weighted by Crippen LogP contribution is -2.46. The summed E-state index contributed by atoms with van der Waals surface area (Å²) in [7, 11) is 0. The normalized spacial score (nSPS) is 15.1. The number of carbonyl (C=O) groups excluding carboxylic acids is 2. The standard InChI is InChI=1S/C19H18ClFN4O3/c1-12-16(17(20)25(24-12)14-6-4-13(21)5-7-14)18(27)28-10-15(26)23-19(11-22)8-2-3-9-19/h4-7H,2-3,8-10H2,1H3,(H,23,26). The summed E-state index contributed by atoms with van der Waals surface area (Å²) in [5.74, 6) is -1.76. The van der Waals surface area contributed by atoms with Gasteiger partial charge in [0.25, 0.3) is 5.91 Å². The molecule has 1 aliphatic rings. The van der Waals surface area contributed by atoms with Gasteiger partial charge in [0.1, 0.15) is 22.1 Å². The maximum absolute atomic E-state index is 13.1. The molecule has 146 valence electrons. The third-order valence-electron chi connectivity index (χ3n) is 4.66. The lowest BCUT2D eigenvalue weighted by molar-refractivity contribution is -0.125. The zero-order chi connectivity index (χ0) is 20.3. The van der Waals surface area contributed by atoms with Crippen molar-refractivity contribution in [3.63, 3.8) is 0 Å². The van der Waals surface area contributed by atoms with Gasteiger partial charge >= 0.3 is 5.97 Å². The van der Waals surface area contributed by atoms with E-state index in [9.17, 15) is 19.2 Å². The number of aryl methyl sites for hydroxylation is 1. The van der Waals surface area contributed by atoms with Gasteiger partial charge < -0.3 is 10.1 Å². The number of aromatic nitrogens is 2. The number of rotatable bonds is 5. The smallest absolute Gasteiger partial charge is 0.343 e. The minimum atomic E-state index is -0.884. The molecule has 1 aliphatic carbocycles. The van der Waals surface area contributed by atoms with Crippen LogP contribution in [0, 0.1) is 24.1 Å². The number of carbonyl (C=O) groups is 2. The van der Waals surface area contributed by atoms with Crippen LogP contribution in [0.25, 0.3) is 5.69 Å². The average Bonchev–Trinajstić information content (AvgIpc) is 3.25. The van der Waals surface area contributed by atoms with Gasteiger partial charge in [0.15, 0.2) is 6.61 Å². The van der Waals surface area contributed by atoms with E-state index < -0.39 is 29.8 Å². The van der Waals surface area contributed by atoms with E-state index >= 15 is 0 Å². The Morgan fingerprint density at radius 2 is 2.00 bits per heavy atom. The number of hydrogen-bond acceptors (Lipinski definition) is 5. The molecule has 28 heavy (non-hydrogen) atoms. The van der Waals surface area contributed by atoms with Gasteiger partial charge in [0, 0.05) is 0 Å². The highest BCUT2D eigenvalue weighted by molar-refractivity contribution is 6.33. The van der Waals surface area contributed by atoms with Crippen LogP contribution < -0.4 is 5.32 Å². The molecule has 1 aromatic carbocycles. The van der Waals surface area contributed by atoms with Gasteiger partial charge in [-0.3, -0.25) is 4.79 Å². The minimum absolute atomic E-state index is 0.00111. The zero-order valence-electron chi connectivity index (χ0n) is 15.2. The lowest BCUT2D eigenvalue weighted by atomic mass is 10.00. The molecule has 1 heterocycles. The van der Waals surface area contributed by atoms with E-state index in [4.69, 9.17) is 16.3 Å². The summed E-state index contributed by atoms with van der Waals surface area (Å²) in [5.41, 5.74) is -0.0768. The van der Waals surface area contributed by atoms with Crippen LogP contribution in [0.1, 0.15) is 41.7 Å². The first-order valence-electron chi connectivity index (χ1n) is 8.76. The molecule has 1 fully saturated rings. The number of nitriles is 1. The monoisotopic (exact) mass is 404 g/mol. The first-order valence-corrected chi connectivity index (χ1v) is 9.13. The third kappa shape index (κ3) is 3.99. The topological polar surface area (TPSA) is 97.0 Å². The van der Waals surface area contributed by atoms with E-state index in [0.717, 1.165) is 12.8 Å². The molecule has 0 saturated heterocycles. The number of nitrogens with one attached hydrogen (secondary N) is 1. The molecule has 7 nitrogen and oxygen atoms in total. The molecule has 1 amide bonds. The van der Waals surface area contributed by atoms with Crippen molar-refractivity contribution in [2.75, 3.05) is 6.61 Å². The van der Waals surface area contributed by atoms with Gasteiger partial charge in [-0.2, -0.15) is 10.4 Å². The number of halogens is 2. The summed E-state index contributed by atoms with van der Waals surface area (Å²) in [6, 6.07) is 7.58. The van der Waals surface area contributed by atoms with Crippen molar-refractivity contribution >= 4 is 23.5 Å². The molecule has 0 radical (unpaired) electrons. The van der Waals surface area contributed by atoms with Crippen LogP contribution in [0.5, 0.6) is 0 Å². The molecule has 0 atom stereocenters. The van der Waals surface area contributed by atoms with Gasteiger partial charge in [-0.1, -0.05) is 11.6 Å². The van der Waals surface area contributed by atoms with E-state index in [2.05, 4.69) is 16.5 Å². The Morgan fingerprint density at radius 1 is 1.36 bits per heavy atom. The fourth-order valence-corrected chi connectivity index (χ4v) is 3.58. The van der Waals surface area contributed by atoms with Crippen molar-refractivity contribution in [2.45, 2.75) is 38.1 Å². The van der Waals surface area contributed by atoms with Crippen LogP contribution in [-0.4, -0.2) is 33.8 Å². The van der Waals surface area contributed by atoms with Gasteiger partial charge in [0.05, 0.1) is 17.5 Å². The summed E-state index contributed by atoms with van der Waals surface area (Å²) in [4.78, 5) is 24.5. The van der Waals surface area contributed by atoms with Crippen LogP contribution in [-0.2, 0) is 9.53 Å². The first kappa shape index (κ1) is 19.8. The van der Waals surface area contributed by atoms with Gasteiger partial charge in [-0.05, 0) is 56.9 Å². The molecule has 1 saturated carbocycles. The fourth-order valence-electron chi connectivity index (χ4n) is 3.23. The molecule has 1 aromatic heterocycles. The van der Waals surface area contributed by atoms with Crippen LogP contribution in [0.3, 0.4) is 0 Å². The lowest BCUT2D eigenvalue weighted by Gasteiger charge is -2.21.